The van der Waals surface area contributed by atoms with Crippen LogP contribution in [0, 0.1) is 0 Å². The summed E-state index contributed by atoms with van der Waals surface area (Å²) in [5.41, 5.74) is 0. The fourth-order valence-corrected chi connectivity index (χ4v) is 3.93. The van der Waals surface area contributed by atoms with Crippen LogP contribution in [-0.2, 0) is 0 Å². The second kappa shape index (κ2) is 4.10. The van der Waals surface area contributed by atoms with Crippen molar-refractivity contribution < 1.29 is 0 Å². The highest BCUT2D eigenvalue weighted by atomic mass is 79.9. The first-order valence-electron chi connectivity index (χ1n) is 4.04. The fourth-order valence-electron chi connectivity index (χ4n) is 1.56. The van der Waals surface area contributed by atoms with Gasteiger partial charge in [0.25, 0.3) is 0 Å². The third kappa shape index (κ3) is 2.22. The first-order valence-corrected chi connectivity index (χ1v) is 6.67. The van der Waals surface area contributed by atoms with E-state index >= 15 is 0 Å². The van der Waals surface area contributed by atoms with Gasteiger partial charge in [-0.2, -0.15) is 0 Å². The molecule has 3 atom stereocenters. The zero-order chi connectivity index (χ0) is 8.48. The first-order chi connectivity index (χ1) is 5.07. The lowest BCUT2D eigenvalue weighted by molar-refractivity contribution is 0.422. The summed E-state index contributed by atoms with van der Waals surface area (Å²) in [5, 5.41) is 0. The first kappa shape index (κ1) is 10.5. The van der Waals surface area contributed by atoms with Gasteiger partial charge in [0, 0.05) is 9.65 Å². The van der Waals surface area contributed by atoms with E-state index in [1.54, 1.807) is 0 Å². The molecule has 0 nitrogen and oxygen atoms in total. The Kier molecular flexibility index (Phi) is 3.92. The van der Waals surface area contributed by atoms with Gasteiger partial charge in [-0.1, -0.05) is 67.6 Å². The minimum absolute atomic E-state index is 0.283. The van der Waals surface area contributed by atoms with E-state index < -0.39 is 0 Å². The van der Waals surface area contributed by atoms with Crippen LogP contribution in [0.4, 0.5) is 0 Å². The molecule has 3 unspecified atom stereocenters. The van der Waals surface area contributed by atoms with E-state index in [9.17, 15) is 0 Å². The molecular formula is C8H13Br3. The molecular weight excluding hydrogens is 336 g/mol. The molecule has 1 saturated carbocycles. The van der Waals surface area contributed by atoms with Crippen molar-refractivity contribution in [1.29, 1.82) is 0 Å². The number of halogens is 3. The molecule has 0 aromatic carbocycles. The quantitative estimate of drug-likeness (QED) is 0.622. The monoisotopic (exact) mass is 346 g/mol. The Labute approximate surface area is 93.9 Å². The molecule has 0 spiro atoms. The normalized spacial score (nSPS) is 42.0. The molecule has 0 aromatic heterocycles. The van der Waals surface area contributed by atoms with Crippen LogP contribution in [0.15, 0.2) is 0 Å². The molecule has 0 amide bonds. The van der Waals surface area contributed by atoms with Crippen LogP contribution < -0.4 is 0 Å². The topological polar surface area (TPSA) is 0 Å². The lowest BCUT2D eigenvalue weighted by atomic mass is 9.87. The molecule has 1 rings (SSSR count). The summed E-state index contributed by atoms with van der Waals surface area (Å²) >= 11 is 11.2. The van der Waals surface area contributed by atoms with E-state index in [0.717, 1.165) is 0 Å². The maximum Gasteiger partial charge on any atom is 0.0504 e. The average molecular weight is 349 g/mol. The van der Waals surface area contributed by atoms with Gasteiger partial charge in [0.05, 0.1) is 4.32 Å². The molecule has 0 aromatic rings. The van der Waals surface area contributed by atoms with Crippen molar-refractivity contribution >= 4 is 47.8 Å². The highest BCUT2D eigenvalue weighted by molar-refractivity contribution is 9.14. The molecule has 0 heterocycles. The van der Waals surface area contributed by atoms with Crippen LogP contribution in [0.2, 0.25) is 0 Å². The van der Waals surface area contributed by atoms with Gasteiger partial charge < -0.3 is 0 Å². The average Bonchev–Trinajstić information content (AvgIpc) is 1.95. The molecule has 3 heteroatoms. The maximum absolute atomic E-state index is 3.83. The standard InChI is InChI=1S/C8H13Br3/c1-6(9)8(11)5-3-2-4-7(8)10/h6-7H,2-5H2,1H3. The van der Waals surface area contributed by atoms with Gasteiger partial charge in [0.2, 0.25) is 0 Å². The zero-order valence-electron chi connectivity index (χ0n) is 6.62. The lowest BCUT2D eigenvalue weighted by Crippen LogP contribution is -2.41. The SMILES string of the molecule is CC(Br)C1(Br)CCCCC1Br. The van der Waals surface area contributed by atoms with Crippen molar-refractivity contribution in [3.8, 4) is 0 Å². The predicted octanol–water partition coefficient (Wildman–Crippen LogP) is 4.24. The van der Waals surface area contributed by atoms with Crippen molar-refractivity contribution in [1.82, 2.24) is 0 Å². The Morgan fingerprint density at radius 2 is 2.09 bits per heavy atom. The minimum atomic E-state index is 0.283. The van der Waals surface area contributed by atoms with Gasteiger partial charge in [0.1, 0.15) is 0 Å². The summed E-state index contributed by atoms with van der Waals surface area (Å²) < 4.78 is 0.283. The molecule has 1 aliphatic rings. The van der Waals surface area contributed by atoms with E-state index in [0.29, 0.717) is 9.65 Å². The Hall–Kier alpha value is 1.44. The summed E-state index contributed by atoms with van der Waals surface area (Å²) in [6.07, 6.45) is 5.28. The summed E-state index contributed by atoms with van der Waals surface area (Å²) in [5.74, 6) is 0. The van der Waals surface area contributed by atoms with Crippen LogP contribution in [-0.4, -0.2) is 14.0 Å². The van der Waals surface area contributed by atoms with Gasteiger partial charge >= 0.3 is 0 Å². The maximum atomic E-state index is 3.83. The summed E-state index contributed by atoms with van der Waals surface area (Å²) in [6.45, 7) is 2.22. The Bertz CT molecular complexity index is 135. The molecule has 0 saturated heterocycles. The van der Waals surface area contributed by atoms with E-state index in [1.165, 1.54) is 25.7 Å². The van der Waals surface area contributed by atoms with Crippen molar-refractivity contribution in [2.45, 2.75) is 46.6 Å². The Morgan fingerprint density at radius 1 is 1.45 bits per heavy atom. The van der Waals surface area contributed by atoms with Gasteiger partial charge in [-0.05, 0) is 12.8 Å². The Balaban J connectivity index is 2.64. The highest BCUT2D eigenvalue weighted by Crippen LogP contribution is 2.45. The molecule has 0 N–H and O–H groups in total. The van der Waals surface area contributed by atoms with E-state index in [1.807, 2.05) is 0 Å². The molecule has 0 radical (unpaired) electrons. The molecule has 0 bridgehead atoms. The molecule has 66 valence electrons. The summed E-state index contributed by atoms with van der Waals surface area (Å²) in [6, 6.07) is 0. The van der Waals surface area contributed by atoms with Crippen molar-refractivity contribution in [3.05, 3.63) is 0 Å². The smallest absolute Gasteiger partial charge is 0.0504 e. The van der Waals surface area contributed by atoms with E-state index in [2.05, 4.69) is 54.7 Å². The van der Waals surface area contributed by atoms with Gasteiger partial charge in [-0.3, -0.25) is 0 Å². The highest BCUT2D eigenvalue weighted by Gasteiger charge is 2.40. The van der Waals surface area contributed by atoms with E-state index in [-0.39, 0.29) is 4.32 Å². The van der Waals surface area contributed by atoms with Crippen molar-refractivity contribution in [2.75, 3.05) is 0 Å². The second-order valence-electron chi connectivity index (χ2n) is 3.26. The van der Waals surface area contributed by atoms with Crippen LogP contribution in [0.5, 0.6) is 0 Å². The molecule has 11 heavy (non-hydrogen) atoms. The lowest BCUT2D eigenvalue weighted by Gasteiger charge is -2.38. The minimum Gasteiger partial charge on any atom is -0.0878 e. The Morgan fingerprint density at radius 3 is 2.45 bits per heavy atom. The summed E-state index contributed by atoms with van der Waals surface area (Å²) in [7, 11) is 0. The number of alkyl halides is 3. The van der Waals surface area contributed by atoms with Crippen LogP contribution >= 0.6 is 47.8 Å². The largest absolute Gasteiger partial charge is 0.0878 e. The molecule has 1 aliphatic carbocycles. The van der Waals surface area contributed by atoms with Gasteiger partial charge in [-0.25, -0.2) is 0 Å². The zero-order valence-corrected chi connectivity index (χ0v) is 11.4. The van der Waals surface area contributed by atoms with E-state index in [4.69, 9.17) is 0 Å². The van der Waals surface area contributed by atoms with Crippen LogP contribution in [0.3, 0.4) is 0 Å². The van der Waals surface area contributed by atoms with Crippen LogP contribution in [0.25, 0.3) is 0 Å². The van der Waals surface area contributed by atoms with Crippen molar-refractivity contribution in [2.24, 2.45) is 0 Å². The van der Waals surface area contributed by atoms with Gasteiger partial charge in [-0.15, -0.1) is 0 Å². The second-order valence-corrected chi connectivity index (χ2v) is 7.21. The van der Waals surface area contributed by atoms with Crippen molar-refractivity contribution in [3.63, 3.8) is 0 Å². The van der Waals surface area contributed by atoms with Crippen LogP contribution in [0.1, 0.15) is 32.6 Å². The molecule has 1 fully saturated rings. The third-order valence-electron chi connectivity index (χ3n) is 2.45. The number of rotatable bonds is 1. The van der Waals surface area contributed by atoms with Gasteiger partial charge in [0.15, 0.2) is 0 Å². The summed E-state index contributed by atoms with van der Waals surface area (Å²) in [4.78, 5) is 1.16. The third-order valence-corrected chi connectivity index (χ3v) is 7.41. The number of hydrogen-bond donors (Lipinski definition) is 0. The molecule has 0 aliphatic heterocycles. The number of hydrogen-bond acceptors (Lipinski definition) is 0. The predicted molar refractivity (Wildman–Crippen MR) is 61.2 cm³/mol. The fraction of sp³-hybridized carbons (Fsp3) is 1.00.